The third kappa shape index (κ3) is 4.54. The SMILES string of the molecule is COC(=O)[C@@H](CNCc1ccccc1)[C@@H](C)O. The summed E-state index contributed by atoms with van der Waals surface area (Å²) >= 11 is 0. The van der Waals surface area contributed by atoms with Crippen LogP contribution in [0.25, 0.3) is 0 Å². The molecule has 2 N–H and O–H groups in total. The molecule has 0 aromatic heterocycles. The van der Waals surface area contributed by atoms with Crippen LogP contribution < -0.4 is 5.32 Å². The van der Waals surface area contributed by atoms with Crippen molar-refractivity contribution in [3.63, 3.8) is 0 Å². The Hall–Kier alpha value is -1.39. The molecule has 0 amide bonds. The Morgan fingerprint density at radius 1 is 1.41 bits per heavy atom. The summed E-state index contributed by atoms with van der Waals surface area (Å²) in [5.41, 5.74) is 1.14. The van der Waals surface area contributed by atoms with Crippen molar-refractivity contribution in [1.29, 1.82) is 0 Å². The van der Waals surface area contributed by atoms with Gasteiger partial charge in [0.2, 0.25) is 0 Å². The second-order valence-electron chi connectivity index (χ2n) is 3.99. The van der Waals surface area contributed by atoms with E-state index in [1.807, 2.05) is 30.3 Å². The minimum atomic E-state index is -0.717. The fraction of sp³-hybridized carbons (Fsp3) is 0.462. The molecule has 0 radical (unpaired) electrons. The van der Waals surface area contributed by atoms with Gasteiger partial charge in [-0.3, -0.25) is 4.79 Å². The van der Waals surface area contributed by atoms with Gasteiger partial charge in [0.15, 0.2) is 0 Å². The molecule has 0 saturated carbocycles. The summed E-state index contributed by atoms with van der Waals surface area (Å²) in [5.74, 6) is -0.913. The monoisotopic (exact) mass is 237 g/mol. The molecule has 0 saturated heterocycles. The highest BCUT2D eigenvalue weighted by Crippen LogP contribution is 2.05. The number of hydrogen-bond donors (Lipinski definition) is 2. The van der Waals surface area contributed by atoms with Gasteiger partial charge in [-0.1, -0.05) is 30.3 Å². The van der Waals surface area contributed by atoms with Crippen molar-refractivity contribution < 1.29 is 14.6 Å². The summed E-state index contributed by atoms with van der Waals surface area (Å²) < 4.78 is 4.64. The van der Waals surface area contributed by atoms with Gasteiger partial charge in [0, 0.05) is 13.1 Å². The number of benzene rings is 1. The zero-order valence-electron chi connectivity index (χ0n) is 10.2. The second-order valence-corrected chi connectivity index (χ2v) is 3.99. The molecular weight excluding hydrogens is 218 g/mol. The smallest absolute Gasteiger partial charge is 0.312 e. The Kier molecular flexibility index (Phi) is 5.66. The van der Waals surface area contributed by atoms with Gasteiger partial charge in [-0.15, -0.1) is 0 Å². The molecule has 0 fully saturated rings. The molecule has 0 bridgehead atoms. The van der Waals surface area contributed by atoms with Crippen LogP contribution in [-0.4, -0.2) is 30.8 Å². The van der Waals surface area contributed by atoms with Gasteiger partial charge < -0.3 is 15.2 Å². The van der Waals surface area contributed by atoms with Crippen molar-refractivity contribution in [1.82, 2.24) is 5.32 Å². The van der Waals surface area contributed by atoms with Crippen LogP contribution in [0.3, 0.4) is 0 Å². The predicted molar refractivity (Wildman–Crippen MR) is 65.3 cm³/mol. The van der Waals surface area contributed by atoms with Gasteiger partial charge in [-0.25, -0.2) is 0 Å². The molecule has 0 unspecified atom stereocenters. The lowest BCUT2D eigenvalue weighted by Gasteiger charge is -2.17. The molecule has 0 aliphatic heterocycles. The number of aliphatic hydroxyl groups excluding tert-OH is 1. The zero-order valence-corrected chi connectivity index (χ0v) is 10.2. The molecular formula is C13H19NO3. The minimum absolute atomic E-state index is 0.388. The van der Waals surface area contributed by atoms with Gasteiger partial charge in [0.05, 0.1) is 19.1 Å². The lowest BCUT2D eigenvalue weighted by Crippen LogP contribution is -2.36. The first kappa shape index (κ1) is 13.7. The number of methoxy groups -OCH3 is 1. The van der Waals surface area contributed by atoms with Crippen LogP contribution in [0.5, 0.6) is 0 Å². The van der Waals surface area contributed by atoms with Crippen LogP contribution in [0.2, 0.25) is 0 Å². The molecule has 2 atom stereocenters. The third-order valence-electron chi connectivity index (χ3n) is 2.62. The maximum atomic E-state index is 11.4. The summed E-state index contributed by atoms with van der Waals surface area (Å²) in [4.78, 5) is 11.4. The Morgan fingerprint density at radius 3 is 2.59 bits per heavy atom. The molecule has 4 nitrogen and oxygen atoms in total. The average Bonchev–Trinajstić information content (AvgIpc) is 2.34. The zero-order chi connectivity index (χ0) is 12.7. The topological polar surface area (TPSA) is 58.6 Å². The Balaban J connectivity index is 2.40. The maximum absolute atomic E-state index is 11.4. The first-order valence-electron chi connectivity index (χ1n) is 5.65. The highest BCUT2D eigenvalue weighted by molar-refractivity contribution is 5.73. The van der Waals surface area contributed by atoms with E-state index < -0.39 is 12.0 Å². The van der Waals surface area contributed by atoms with E-state index in [9.17, 15) is 9.90 Å². The molecule has 94 valence electrons. The average molecular weight is 237 g/mol. The normalized spacial score (nSPS) is 14.1. The fourth-order valence-corrected chi connectivity index (χ4v) is 1.57. The number of esters is 1. The summed E-state index contributed by atoms with van der Waals surface area (Å²) in [6.45, 7) is 2.66. The van der Waals surface area contributed by atoms with Gasteiger partial charge in [-0.2, -0.15) is 0 Å². The molecule has 1 aromatic rings. The highest BCUT2D eigenvalue weighted by atomic mass is 16.5. The number of hydrogen-bond acceptors (Lipinski definition) is 4. The molecule has 0 heterocycles. The van der Waals surface area contributed by atoms with Gasteiger partial charge >= 0.3 is 5.97 Å². The number of carbonyl (C=O) groups excluding carboxylic acids is 1. The summed E-state index contributed by atoms with van der Waals surface area (Å²) in [5, 5.41) is 12.6. The molecule has 1 aromatic carbocycles. The van der Waals surface area contributed by atoms with Crippen molar-refractivity contribution >= 4 is 5.97 Å². The molecule has 0 aliphatic rings. The molecule has 0 aliphatic carbocycles. The molecule has 17 heavy (non-hydrogen) atoms. The van der Waals surface area contributed by atoms with E-state index in [1.54, 1.807) is 6.92 Å². The van der Waals surface area contributed by atoms with Crippen molar-refractivity contribution in [3.05, 3.63) is 35.9 Å². The van der Waals surface area contributed by atoms with Crippen molar-refractivity contribution in [2.24, 2.45) is 5.92 Å². The molecule has 1 rings (SSSR count). The quantitative estimate of drug-likeness (QED) is 0.723. The van der Waals surface area contributed by atoms with Crippen LogP contribution in [0, 0.1) is 5.92 Å². The van der Waals surface area contributed by atoms with E-state index in [4.69, 9.17) is 0 Å². The van der Waals surface area contributed by atoms with Crippen LogP contribution in [0.4, 0.5) is 0 Å². The summed E-state index contributed by atoms with van der Waals surface area (Å²) in [7, 11) is 1.33. The Morgan fingerprint density at radius 2 is 2.06 bits per heavy atom. The predicted octanol–water partition coefficient (Wildman–Crippen LogP) is 0.946. The van der Waals surface area contributed by atoms with E-state index >= 15 is 0 Å². The van der Waals surface area contributed by atoms with E-state index in [1.165, 1.54) is 7.11 Å². The van der Waals surface area contributed by atoms with Crippen molar-refractivity contribution in [3.8, 4) is 0 Å². The Labute approximate surface area is 102 Å². The first-order chi connectivity index (χ1) is 8.15. The molecule has 0 spiro atoms. The van der Waals surface area contributed by atoms with Crippen LogP contribution in [0.1, 0.15) is 12.5 Å². The lowest BCUT2D eigenvalue weighted by molar-refractivity contribution is -0.148. The standard InChI is InChI=1S/C13H19NO3/c1-10(15)12(13(16)17-2)9-14-8-11-6-4-3-5-7-11/h3-7,10,12,14-15H,8-9H2,1-2H3/t10-,12+/m1/s1. The molecule has 4 heteroatoms. The number of ether oxygens (including phenoxy) is 1. The van der Waals surface area contributed by atoms with Gasteiger partial charge in [0.25, 0.3) is 0 Å². The number of aliphatic hydroxyl groups is 1. The second kappa shape index (κ2) is 7.04. The number of nitrogens with one attached hydrogen (secondary N) is 1. The summed E-state index contributed by atoms with van der Waals surface area (Å²) in [6, 6.07) is 9.88. The van der Waals surface area contributed by atoms with Crippen LogP contribution in [-0.2, 0) is 16.1 Å². The lowest BCUT2D eigenvalue weighted by atomic mass is 10.0. The van der Waals surface area contributed by atoms with E-state index in [0.717, 1.165) is 5.56 Å². The first-order valence-corrected chi connectivity index (χ1v) is 5.65. The minimum Gasteiger partial charge on any atom is -0.469 e. The van der Waals surface area contributed by atoms with E-state index in [2.05, 4.69) is 10.1 Å². The summed E-state index contributed by atoms with van der Waals surface area (Å²) in [6.07, 6.45) is -0.717. The van der Waals surface area contributed by atoms with Crippen LogP contribution in [0.15, 0.2) is 30.3 Å². The maximum Gasteiger partial charge on any atom is 0.312 e. The number of carbonyl (C=O) groups is 1. The van der Waals surface area contributed by atoms with Crippen LogP contribution >= 0.6 is 0 Å². The van der Waals surface area contributed by atoms with Gasteiger partial charge in [-0.05, 0) is 12.5 Å². The van der Waals surface area contributed by atoms with Crippen molar-refractivity contribution in [2.45, 2.75) is 19.6 Å². The number of rotatable bonds is 6. The van der Waals surface area contributed by atoms with E-state index in [-0.39, 0.29) is 5.97 Å². The third-order valence-corrected chi connectivity index (χ3v) is 2.62. The van der Waals surface area contributed by atoms with Gasteiger partial charge in [0.1, 0.15) is 0 Å². The fourth-order valence-electron chi connectivity index (χ4n) is 1.57. The Bertz CT molecular complexity index is 338. The van der Waals surface area contributed by atoms with E-state index in [0.29, 0.717) is 13.1 Å². The highest BCUT2D eigenvalue weighted by Gasteiger charge is 2.23. The largest absolute Gasteiger partial charge is 0.469 e. The van der Waals surface area contributed by atoms with Crippen molar-refractivity contribution in [2.75, 3.05) is 13.7 Å².